The van der Waals surface area contributed by atoms with Crippen molar-refractivity contribution in [2.45, 2.75) is 32.2 Å². The average Bonchev–Trinajstić information content (AvgIpc) is 3.01. The maximum absolute atomic E-state index is 12.4. The van der Waals surface area contributed by atoms with Crippen molar-refractivity contribution in [3.05, 3.63) is 34.9 Å². The molecule has 4 heteroatoms. The molecule has 0 aromatic heterocycles. The minimum Gasteiger partial charge on any atom is -0.340 e. The number of benzene rings is 1. The Balaban J connectivity index is 1.49. The third-order valence-electron chi connectivity index (χ3n) is 4.68. The van der Waals surface area contributed by atoms with Crippen molar-refractivity contribution in [1.82, 2.24) is 9.80 Å². The largest absolute Gasteiger partial charge is 0.340 e. The van der Waals surface area contributed by atoms with E-state index in [0.29, 0.717) is 11.8 Å². The van der Waals surface area contributed by atoms with E-state index in [1.807, 2.05) is 18.2 Å². The smallest absolute Gasteiger partial charge is 0.225 e. The van der Waals surface area contributed by atoms with Crippen LogP contribution in [0.3, 0.4) is 0 Å². The van der Waals surface area contributed by atoms with Crippen LogP contribution in [0.15, 0.2) is 24.3 Å². The van der Waals surface area contributed by atoms with Gasteiger partial charge in [0.1, 0.15) is 0 Å². The fourth-order valence-corrected chi connectivity index (χ4v) is 3.66. The fraction of sp³-hybridized carbons (Fsp3) is 0.588. The first-order valence-corrected chi connectivity index (χ1v) is 8.36. The number of hydrogen-bond acceptors (Lipinski definition) is 2. The molecule has 1 aromatic carbocycles. The lowest BCUT2D eigenvalue weighted by molar-refractivity contribution is -0.137. The highest BCUT2D eigenvalue weighted by atomic mass is 35.5. The second-order valence-electron chi connectivity index (χ2n) is 6.21. The number of carbonyl (C=O) groups is 1. The summed E-state index contributed by atoms with van der Waals surface area (Å²) in [6.07, 6.45) is 4.65. The van der Waals surface area contributed by atoms with Gasteiger partial charge in [0.05, 0.1) is 0 Å². The van der Waals surface area contributed by atoms with Gasteiger partial charge in [-0.1, -0.05) is 36.6 Å². The molecule has 21 heavy (non-hydrogen) atoms. The van der Waals surface area contributed by atoms with Crippen LogP contribution in [0.5, 0.6) is 0 Å². The van der Waals surface area contributed by atoms with Crippen LogP contribution in [0.2, 0.25) is 5.02 Å². The van der Waals surface area contributed by atoms with Crippen LogP contribution < -0.4 is 0 Å². The molecule has 1 saturated carbocycles. The molecule has 2 aliphatic rings. The summed E-state index contributed by atoms with van der Waals surface area (Å²) in [5.74, 6) is 0.708. The number of halogens is 1. The summed E-state index contributed by atoms with van der Waals surface area (Å²) in [6, 6.07) is 8.04. The van der Waals surface area contributed by atoms with Crippen LogP contribution >= 0.6 is 11.6 Å². The van der Waals surface area contributed by atoms with E-state index in [4.69, 9.17) is 11.6 Å². The second kappa shape index (κ2) is 6.80. The van der Waals surface area contributed by atoms with Gasteiger partial charge in [-0.2, -0.15) is 0 Å². The normalized spacial score (nSPS) is 20.9. The molecule has 3 nitrogen and oxygen atoms in total. The zero-order valence-electron chi connectivity index (χ0n) is 12.4. The number of carbonyl (C=O) groups excluding carboxylic acids is 1. The molecule has 2 fully saturated rings. The predicted molar refractivity (Wildman–Crippen MR) is 85.3 cm³/mol. The van der Waals surface area contributed by atoms with E-state index in [2.05, 4.69) is 15.9 Å². The van der Waals surface area contributed by atoms with E-state index in [-0.39, 0.29) is 0 Å². The second-order valence-corrected chi connectivity index (χ2v) is 6.65. The van der Waals surface area contributed by atoms with Gasteiger partial charge in [-0.15, -0.1) is 0 Å². The van der Waals surface area contributed by atoms with Crippen molar-refractivity contribution < 1.29 is 4.79 Å². The van der Waals surface area contributed by atoms with Crippen molar-refractivity contribution >= 4 is 17.5 Å². The number of nitrogens with zero attached hydrogens (tertiary/aromatic N) is 2. The third-order valence-corrected chi connectivity index (χ3v) is 4.92. The van der Waals surface area contributed by atoms with Crippen LogP contribution in [0.25, 0.3) is 0 Å². The van der Waals surface area contributed by atoms with Gasteiger partial charge in [-0.05, 0) is 30.5 Å². The number of piperazine rings is 1. The Labute approximate surface area is 131 Å². The lowest BCUT2D eigenvalue weighted by Gasteiger charge is -2.36. The van der Waals surface area contributed by atoms with E-state index < -0.39 is 0 Å². The topological polar surface area (TPSA) is 23.6 Å². The molecular formula is C17H23ClN2O. The molecule has 1 saturated heterocycles. The minimum absolute atomic E-state index is 0.310. The third kappa shape index (κ3) is 3.78. The first-order chi connectivity index (χ1) is 10.2. The average molecular weight is 307 g/mol. The maximum Gasteiger partial charge on any atom is 0.225 e. The highest BCUT2D eigenvalue weighted by Crippen LogP contribution is 2.27. The van der Waals surface area contributed by atoms with Gasteiger partial charge in [0.25, 0.3) is 0 Å². The first kappa shape index (κ1) is 14.9. The van der Waals surface area contributed by atoms with E-state index in [0.717, 1.165) is 50.6 Å². The first-order valence-electron chi connectivity index (χ1n) is 7.98. The zero-order chi connectivity index (χ0) is 14.7. The highest BCUT2D eigenvalue weighted by molar-refractivity contribution is 6.30. The summed E-state index contributed by atoms with van der Waals surface area (Å²) in [5, 5.41) is 0.794. The number of hydrogen-bond donors (Lipinski definition) is 0. The minimum atomic E-state index is 0.310. The summed E-state index contributed by atoms with van der Waals surface area (Å²) >= 11 is 6.03. The summed E-state index contributed by atoms with van der Waals surface area (Å²) in [7, 11) is 0. The Bertz CT molecular complexity index is 491. The summed E-state index contributed by atoms with van der Waals surface area (Å²) < 4.78 is 0. The van der Waals surface area contributed by atoms with Gasteiger partial charge in [0, 0.05) is 43.7 Å². The monoisotopic (exact) mass is 306 g/mol. The van der Waals surface area contributed by atoms with Gasteiger partial charge < -0.3 is 4.90 Å². The van der Waals surface area contributed by atoms with Crippen molar-refractivity contribution in [1.29, 1.82) is 0 Å². The molecular weight excluding hydrogens is 284 g/mol. The molecule has 0 unspecified atom stereocenters. The van der Waals surface area contributed by atoms with E-state index in [1.54, 1.807) is 0 Å². The molecule has 0 bridgehead atoms. The van der Waals surface area contributed by atoms with Gasteiger partial charge in [0.2, 0.25) is 5.91 Å². The SMILES string of the molecule is O=C(C1CCCC1)N1CCN(Cc2cccc(Cl)c2)CC1. The van der Waals surface area contributed by atoms with Gasteiger partial charge in [0.15, 0.2) is 0 Å². The summed E-state index contributed by atoms with van der Waals surface area (Å²) in [6.45, 7) is 4.59. The quantitative estimate of drug-likeness (QED) is 0.856. The van der Waals surface area contributed by atoms with Gasteiger partial charge >= 0.3 is 0 Å². The fourth-order valence-electron chi connectivity index (χ4n) is 3.45. The Kier molecular flexibility index (Phi) is 4.81. The molecule has 3 rings (SSSR count). The van der Waals surface area contributed by atoms with Gasteiger partial charge in [-0.25, -0.2) is 0 Å². The summed E-state index contributed by atoms with van der Waals surface area (Å²) in [5.41, 5.74) is 1.25. The maximum atomic E-state index is 12.4. The zero-order valence-corrected chi connectivity index (χ0v) is 13.2. The predicted octanol–water partition coefficient (Wildman–Crippen LogP) is 3.17. The lowest BCUT2D eigenvalue weighted by Crippen LogP contribution is -2.49. The molecule has 1 aliphatic carbocycles. The van der Waals surface area contributed by atoms with Crippen molar-refractivity contribution in [2.24, 2.45) is 5.92 Å². The molecule has 0 atom stereocenters. The Morgan fingerprint density at radius 1 is 1.14 bits per heavy atom. The molecule has 1 aromatic rings. The molecule has 0 N–H and O–H groups in total. The van der Waals surface area contributed by atoms with E-state index in [1.165, 1.54) is 18.4 Å². The van der Waals surface area contributed by atoms with Crippen LogP contribution in [-0.4, -0.2) is 41.9 Å². The van der Waals surface area contributed by atoms with Crippen molar-refractivity contribution in [3.8, 4) is 0 Å². The summed E-state index contributed by atoms with van der Waals surface area (Å²) in [4.78, 5) is 16.9. The van der Waals surface area contributed by atoms with Crippen LogP contribution in [0, 0.1) is 5.92 Å². The molecule has 0 radical (unpaired) electrons. The lowest BCUT2D eigenvalue weighted by atomic mass is 10.1. The van der Waals surface area contributed by atoms with E-state index in [9.17, 15) is 4.79 Å². The number of rotatable bonds is 3. The van der Waals surface area contributed by atoms with E-state index >= 15 is 0 Å². The highest BCUT2D eigenvalue weighted by Gasteiger charge is 2.29. The van der Waals surface area contributed by atoms with Crippen molar-refractivity contribution in [3.63, 3.8) is 0 Å². The standard InChI is InChI=1S/C17H23ClN2O/c18-16-7-3-4-14(12-16)13-19-8-10-20(11-9-19)17(21)15-5-1-2-6-15/h3-4,7,12,15H,1-2,5-6,8-11,13H2. The molecule has 0 spiro atoms. The molecule has 114 valence electrons. The van der Waals surface area contributed by atoms with Crippen LogP contribution in [0.1, 0.15) is 31.2 Å². The Morgan fingerprint density at radius 3 is 2.52 bits per heavy atom. The molecule has 1 heterocycles. The Hall–Kier alpha value is -1.06. The van der Waals surface area contributed by atoms with Crippen LogP contribution in [0.4, 0.5) is 0 Å². The van der Waals surface area contributed by atoms with Gasteiger partial charge in [-0.3, -0.25) is 9.69 Å². The molecule has 1 aliphatic heterocycles. The van der Waals surface area contributed by atoms with Crippen molar-refractivity contribution in [2.75, 3.05) is 26.2 Å². The van der Waals surface area contributed by atoms with Crippen LogP contribution in [-0.2, 0) is 11.3 Å². The molecule has 1 amide bonds. The Morgan fingerprint density at radius 2 is 1.86 bits per heavy atom. The number of amides is 1.